The molecule has 0 amide bonds. The van der Waals surface area contributed by atoms with E-state index in [2.05, 4.69) is 9.55 Å². The third-order valence-corrected chi connectivity index (χ3v) is 6.08. The molecule has 1 aromatic carbocycles. The minimum Gasteiger partial charge on any atom is -0.454 e. The molecule has 0 atom stereocenters. The molecule has 2 aliphatic rings. The van der Waals surface area contributed by atoms with Gasteiger partial charge in [0, 0.05) is 36.0 Å². The summed E-state index contributed by atoms with van der Waals surface area (Å²) in [6.45, 7) is 4.30. The summed E-state index contributed by atoms with van der Waals surface area (Å²) in [4.78, 5) is 42.3. The van der Waals surface area contributed by atoms with Crippen molar-refractivity contribution in [1.82, 2.24) is 14.1 Å². The summed E-state index contributed by atoms with van der Waals surface area (Å²) >= 11 is 0. The number of hydrogen-bond donors (Lipinski definition) is 0. The van der Waals surface area contributed by atoms with Gasteiger partial charge in [0.05, 0.1) is 16.5 Å². The average molecular weight is 405 g/mol. The summed E-state index contributed by atoms with van der Waals surface area (Å²) in [5.74, 6) is -0.0544. The molecule has 1 aliphatic carbocycles. The van der Waals surface area contributed by atoms with Crippen LogP contribution in [-0.4, -0.2) is 32.5 Å². The van der Waals surface area contributed by atoms with E-state index in [0.717, 1.165) is 42.9 Å². The second-order valence-corrected chi connectivity index (χ2v) is 8.21. The minimum atomic E-state index is -0.594. The smallest absolute Gasteiger partial charge is 0.338 e. The molecule has 154 valence electrons. The molecule has 7 nitrogen and oxygen atoms in total. The summed E-state index contributed by atoms with van der Waals surface area (Å²) in [7, 11) is 0. The van der Waals surface area contributed by atoms with Crippen molar-refractivity contribution in [3.8, 4) is 0 Å². The molecular formula is C23H23N3O4. The quantitative estimate of drug-likeness (QED) is 0.481. The lowest BCUT2D eigenvalue weighted by atomic mass is 10.1. The normalized spacial score (nSPS) is 15.4. The molecule has 0 saturated heterocycles. The Morgan fingerprint density at radius 2 is 2.00 bits per heavy atom. The van der Waals surface area contributed by atoms with Crippen molar-refractivity contribution in [2.45, 2.75) is 52.1 Å². The van der Waals surface area contributed by atoms with Gasteiger partial charge in [-0.3, -0.25) is 14.2 Å². The van der Waals surface area contributed by atoms with Crippen LogP contribution in [0.15, 0.2) is 29.1 Å². The first kappa shape index (κ1) is 18.8. The number of hydrogen-bond acceptors (Lipinski definition) is 5. The summed E-state index contributed by atoms with van der Waals surface area (Å²) < 4.78 is 9.17. The van der Waals surface area contributed by atoms with Crippen LogP contribution in [0.4, 0.5) is 0 Å². The van der Waals surface area contributed by atoms with Crippen molar-refractivity contribution in [1.29, 1.82) is 0 Å². The van der Waals surface area contributed by atoms with Crippen LogP contribution in [0.25, 0.3) is 10.9 Å². The third kappa shape index (κ3) is 3.05. The van der Waals surface area contributed by atoms with Crippen molar-refractivity contribution in [3.63, 3.8) is 0 Å². The summed E-state index contributed by atoms with van der Waals surface area (Å²) in [5.41, 5.74) is 3.30. The van der Waals surface area contributed by atoms with Gasteiger partial charge >= 0.3 is 5.97 Å². The van der Waals surface area contributed by atoms with Gasteiger partial charge in [0.2, 0.25) is 5.78 Å². The number of fused-ring (bicyclic) bond motifs is 2. The minimum absolute atomic E-state index is 0.0754. The first-order valence-corrected chi connectivity index (χ1v) is 10.4. The van der Waals surface area contributed by atoms with Crippen LogP contribution >= 0.6 is 0 Å². The number of carbonyl (C=O) groups is 2. The maximum atomic E-state index is 12.6. The lowest BCUT2D eigenvalue weighted by Crippen LogP contribution is -2.21. The Hall–Kier alpha value is -3.22. The number of ether oxygens (including phenoxy) is 1. The van der Waals surface area contributed by atoms with Gasteiger partial charge in [0.25, 0.3) is 5.56 Å². The van der Waals surface area contributed by atoms with Crippen molar-refractivity contribution in [2.24, 2.45) is 0 Å². The number of ketones is 1. The van der Waals surface area contributed by atoms with Gasteiger partial charge in [-0.15, -0.1) is 0 Å². The van der Waals surface area contributed by atoms with E-state index in [9.17, 15) is 14.4 Å². The number of esters is 1. The molecule has 0 N–H and O–H groups in total. The number of benzene rings is 1. The van der Waals surface area contributed by atoms with E-state index in [4.69, 9.17) is 4.74 Å². The Labute approximate surface area is 173 Å². The van der Waals surface area contributed by atoms with Crippen LogP contribution in [0, 0.1) is 13.8 Å². The Morgan fingerprint density at radius 1 is 1.20 bits per heavy atom. The highest BCUT2D eigenvalue weighted by Crippen LogP contribution is 2.38. The number of carbonyl (C=O) groups excluding carboxylic acids is 2. The maximum Gasteiger partial charge on any atom is 0.338 e. The predicted molar refractivity (Wildman–Crippen MR) is 111 cm³/mol. The van der Waals surface area contributed by atoms with Gasteiger partial charge in [-0.05, 0) is 57.4 Å². The molecule has 3 aromatic rings. The highest BCUT2D eigenvalue weighted by molar-refractivity contribution is 6.01. The lowest BCUT2D eigenvalue weighted by molar-refractivity contribution is 0.0474. The Kier molecular flexibility index (Phi) is 4.34. The van der Waals surface area contributed by atoms with E-state index in [0.29, 0.717) is 29.1 Å². The van der Waals surface area contributed by atoms with Crippen LogP contribution in [0.1, 0.15) is 63.2 Å². The fourth-order valence-corrected chi connectivity index (χ4v) is 4.46. The van der Waals surface area contributed by atoms with Crippen LogP contribution in [0.5, 0.6) is 0 Å². The summed E-state index contributed by atoms with van der Waals surface area (Å²) in [5, 5.41) is 0.487. The summed E-state index contributed by atoms with van der Waals surface area (Å²) in [6, 6.07) is 7.10. The van der Waals surface area contributed by atoms with Crippen molar-refractivity contribution >= 4 is 22.7 Å². The highest BCUT2D eigenvalue weighted by Gasteiger charge is 2.28. The second kappa shape index (κ2) is 6.93. The molecule has 3 heterocycles. The molecule has 1 saturated carbocycles. The van der Waals surface area contributed by atoms with Gasteiger partial charge in [-0.25, -0.2) is 9.78 Å². The van der Waals surface area contributed by atoms with Crippen LogP contribution in [-0.2, 0) is 17.7 Å². The zero-order valence-electron chi connectivity index (χ0n) is 17.1. The molecule has 0 spiro atoms. The van der Waals surface area contributed by atoms with Crippen molar-refractivity contribution in [2.75, 3.05) is 6.61 Å². The predicted octanol–water partition coefficient (Wildman–Crippen LogP) is 3.14. The van der Waals surface area contributed by atoms with Gasteiger partial charge in [0.1, 0.15) is 5.82 Å². The highest BCUT2D eigenvalue weighted by atomic mass is 16.5. The lowest BCUT2D eigenvalue weighted by Gasteiger charge is -2.08. The summed E-state index contributed by atoms with van der Waals surface area (Å²) in [6.07, 6.45) is 3.94. The zero-order chi connectivity index (χ0) is 21.0. The first-order valence-electron chi connectivity index (χ1n) is 10.4. The van der Waals surface area contributed by atoms with Gasteiger partial charge in [-0.1, -0.05) is 0 Å². The fraction of sp³-hybridized carbons (Fsp3) is 0.391. The number of rotatable bonds is 5. The second-order valence-electron chi connectivity index (χ2n) is 8.21. The van der Waals surface area contributed by atoms with Crippen LogP contribution in [0.3, 0.4) is 0 Å². The molecule has 2 aromatic heterocycles. The SMILES string of the molecule is Cc1cc(C(=O)COC(=O)c2ccc3c(=O)n4c(nc3c2)CCC4)c(C)n1C1CC1. The molecule has 5 rings (SSSR count). The number of Topliss-reactive ketones (excluding diaryl/α,β-unsaturated/α-hetero) is 1. The molecule has 7 heteroatoms. The van der Waals surface area contributed by atoms with E-state index in [-0.39, 0.29) is 23.5 Å². The molecule has 0 radical (unpaired) electrons. The number of nitrogens with zero attached hydrogens (tertiary/aromatic N) is 3. The van der Waals surface area contributed by atoms with E-state index in [1.807, 2.05) is 19.9 Å². The standard InChI is InChI=1S/C23H23N3O4/c1-13-10-18(14(2)26(13)16-6-7-16)20(27)12-30-23(29)15-5-8-17-19(11-15)24-21-4-3-9-25(21)22(17)28/h5,8,10-11,16H,3-4,6-7,9,12H2,1-2H3. The first-order chi connectivity index (χ1) is 14.4. The van der Waals surface area contributed by atoms with E-state index < -0.39 is 5.97 Å². The molecule has 0 bridgehead atoms. The molecule has 0 unspecified atom stereocenters. The fourth-order valence-electron chi connectivity index (χ4n) is 4.46. The van der Waals surface area contributed by atoms with Gasteiger partial charge in [0.15, 0.2) is 6.61 Å². The van der Waals surface area contributed by atoms with Crippen LogP contribution in [0.2, 0.25) is 0 Å². The van der Waals surface area contributed by atoms with E-state index in [1.165, 1.54) is 0 Å². The Morgan fingerprint density at radius 3 is 2.77 bits per heavy atom. The average Bonchev–Trinajstić information content (AvgIpc) is 3.36. The van der Waals surface area contributed by atoms with Crippen LogP contribution < -0.4 is 5.56 Å². The third-order valence-electron chi connectivity index (χ3n) is 6.08. The zero-order valence-corrected chi connectivity index (χ0v) is 17.1. The van der Waals surface area contributed by atoms with Gasteiger partial charge < -0.3 is 9.30 Å². The number of aryl methyl sites for hydroxylation is 2. The molecule has 30 heavy (non-hydrogen) atoms. The number of aromatic nitrogens is 3. The Bertz CT molecular complexity index is 1260. The van der Waals surface area contributed by atoms with E-state index >= 15 is 0 Å². The Balaban J connectivity index is 1.34. The molecular weight excluding hydrogens is 382 g/mol. The maximum absolute atomic E-state index is 12.6. The van der Waals surface area contributed by atoms with Crippen molar-refractivity contribution in [3.05, 3.63) is 63.0 Å². The largest absolute Gasteiger partial charge is 0.454 e. The van der Waals surface area contributed by atoms with Crippen molar-refractivity contribution < 1.29 is 14.3 Å². The molecule has 1 fully saturated rings. The monoisotopic (exact) mass is 405 g/mol. The topological polar surface area (TPSA) is 83.2 Å². The van der Waals surface area contributed by atoms with Gasteiger partial charge in [-0.2, -0.15) is 0 Å². The molecule has 1 aliphatic heterocycles. The van der Waals surface area contributed by atoms with E-state index in [1.54, 1.807) is 22.8 Å².